The van der Waals surface area contributed by atoms with Crippen LogP contribution in [0.15, 0.2) is 47.8 Å². The third kappa shape index (κ3) is 4.20. The Labute approximate surface area is 159 Å². The smallest absolute Gasteiger partial charge is 0.269 e. The van der Waals surface area contributed by atoms with Crippen LogP contribution in [0.3, 0.4) is 0 Å². The highest BCUT2D eigenvalue weighted by atomic mass is 32.2. The van der Waals surface area contributed by atoms with Crippen molar-refractivity contribution in [3.05, 3.63) is 53.2 Å². The largest absolute Gasteiger partial charge is 0.272 e. The van der Waals surface area contributed by atoms with Crippen LogP contribution >= 0.6 is 23.1 Å². The summed E-state index contributed by atoms with van der Waals surface area (Å²) < 4.78 is 0. The molecule has 0 aliphatic rings. The number of thioether (sulfide) groups is 1. The lowest BCUT2D eigenvalue weighted by Gasteiger charge is -2.12. The van der Waals surface area contributed by atoms with E-state index >= 15 is 0 Å². The summed E-state index contributed by atoms with van der Waals surface area (Å²) in [6, 6.07) is 10.8. The third-order valence-electron chi connectivity index (χ3n) is 3.69. The van der Waals surface area contributed by atoms with E-state index < -0.39 is 5.25 Å². The van der Waals surface area contributed by atoms with E-state index in [0.717, 1.165) is 21.7 Å². The molecule has 0 saturated heterocycles. The first-order valence-electron chi connectivity index (χ1n) is 8.13. The Hall–Kier alpha value is -2.45. The first-order chi connectivity index (χ1) is 12.6. The number of nitrogens with one attached hydrogen (secondary N) is 2. The lowest BCUT2D eigenvalue weighted by atomic mass is 10.2. The molecule has 26 heavy (non-hydrogen) atoms. The SMILES string of the molecule is CCc1cc2c(S[C@@H](C)C(=O)NNC(=O)c3ccccc3)ncnc2s1. The molecule has 0 spiro atoms. The highest BCUT2D eigenvalue weighted by Gasteiger charge is 2.18. The van der Waals surface area contributed by atoms with Crippen LogP contribution in [0, 0.1) is 0 Å². The second-order valence-corrected chi connectivity index (χ2v) is 7.98. The summed E-state index contributed by atoms with van der Waals surface area (Å²) in [5, 5.41) is 1.31. The molecule has 2 amide bonds. The van der Waals surface area contributed by atoms with Gasteiger partial charge in [-0.15, -0.1) is 11.3 Å². The van der Waals surface area contributed by atoms with Gasteiger partial charge in [0, 0.05) is 15.8 Å². The number of amides is 2. The minimum Gasteiger partial charge on any atom is -0.272 e. The van der Waals surface area contributed by atoms with Crippen molar-refractivity contribution in [1.29, 1.82) is 0 Å². The average Bonchev–Trinajstić information content (AvgIpc) is 3.11. The van der Waals surface area contributed by atoms with Crippen LogP contribution in [0.4, 0.5) is 0 Å². The summed E-state index contributed by atoms with van der Waals surface area (Å²) in [6.45, 7) is 3.87. The molecule has 134 valence electrons. The van der Waals surface area contributed by atoms with E-state index in [1.807, 2.05) is 6.07 Å². The van der Waals surface area contributed by atoms with Gasteiger partial charge in [0.1, 0.15) is 16.2 Å². The molecule has 0 aliphatic heterocycles. The van der Waals surface area contributed by atoms with Crippen LogP contribution < -0.4 is 10.9 Å². The molecule has 2 aromatic heterocycles. The Morgan fingerprint density at radius 2 is 1.96 bits per heavy atom. The number of rotatable bonds is 5. The standard InChI is InChI=1S/C18H18N4O2S2/c1-3-13-9-14-17(19-10-20-18(14)26-13)25-11(2)15(23)21-22-16(24)12-7-5-4-6-8-12/h4-11H,3H2,1-2H3,(H,21,23)(H,22,24)/t11-/m0/s1. The second kappa shape index (κ2) is 8.29. The molecule has 8 heteroatoms. The van der Waals surface area contributed by atoms with Gasteiger partial charge in [0.2, 0.25) is 0 Å². The number of hydrogen-bond donors (Lipinski definition) is 2. The number of hydrogen-bond acceptors (Lipinski definition) is 6. The molecular weight excluding hydrogens is 368 g/mol. The quantitative estimate of drug-likeness (QED) is 0.400. The van der Waals surface area contributed by atoms with E-state index in [4.69, 9.17) is 0 Å². The van der Waals surface area contributed by atoms with Crippen molar-refractivity contribution in [2.24, 2.45) is 0 Å². The Morgan fingerprint density at radius 1 is 1.19 bits per heavy atom. The molecule has 1 atom stereocenters. The molecule has 2 heterocycles. The predicted molar refractivity (Wildman–Crippen MR) is 104 cm³/mol. The fourth-order valence-corrected chi connectivity index (χ4v) is 4.15. The number of fused-ring (bicyclic) bond motifs is 1. The molecular formula is C18H18N4O2S2. The highest BCUT2D eigenvalue weighted by molar-refractivity contribution is 8.00. The first kappa shape index (κ1) is 18.3. The van der Waals surface area contributed by atoms with Gasteiger partial charge < -0.3 is 0 Å². The number of hydrazine groups is 1. The second-order valence-electron chi connectivity index (χ2n) is 5.53. The van der Waals surface area contributed by atoms with Crippen LogP contribution in [0.1, 0.15) is 29.1 Å². The zero-order valence-corrected chi connectivity index (χ0v) is 16.0. The van der Waals surface area contributed by atoms with Crippen LogP contribution in [-0.4, -0.2) is 27.0 Å². The maximum absolute atomic E-state index is 12.3. The number of carbonyl (C=O) groups excluding carboxylic acids is 2. The summed E-state index contributed by atoms with van der Waals surface area (Å²) in [6.07, 6.45) is 2.45. The van der Waals surface area contributed by atoms with Crippen molar-refractivity contribution < 1.29 is 9.59 Å². The van der Waals surface area contributed by atoms with E-state index in [1.54, 1.807) is 42.5 Å². The fraction of sp³-hybridized carbons (Fsp3) is 0.222. The molecule has 0 bridgehead atoms. The molecule has 0 saturated carbocycles. The predicted octanol–water partition coefficient (Wildman–Crippen LogP) is 3.20. The van der Waals surface area contributed by atoms with E-state index in [-0.39, 0.29) is 11.8 Å². The summed E-state index contributed by atoms with van der Waals surface area (Å²) in [4.78, 5) is 35.0. The normalized spacial score (nSPS) is 11.9. The van der Waals surface area contributed by atoms with Gasteiger partial charge in [-0.25, -0.2) is 9.97 Å². The topological polar surface area (TPSA) is 84.0 Å². The number of benzene rings is 1. The average molecular weight is 387 g/mol. The Kier molecular flexibility index (Phi) is 5.85. The van der Waals surface area contributed by atoms with Gasteiger partial charge in [0.15, 0.2) is 0 Å². The van der Waals surface area contributed by atoms with Crippen molar-refractivity contribution in [3.63, 3.8) is 0 Å². The van der Waals surface area contributed by atoms with Gasteiger partial charge in [-0.3, -0.25) is 20.4 Å². The molecule has 0 radical (unpaired) electrons. The van der Waals surface area contributed by atoms with Crippen LogP contribution in [-0.2, 0) is 11.2 Å². The Morgan fingerprint density at radius 3 is 2.69 bits per heavy atom. The number of aromatic nitrogens is 2. The van der Waals surface area contributed by atoms with Gasteiger partial charge >= 0.3 is 0 Å². The van der Waals surface area contributed by atoms with Gasteiger partial charge in [-0.2, -0.15) is 0 Å². The number of aryl methyl sites for hydroxylation is 1. The van der Waals surface area contributed by atoms with Gasteiger partial charge in [-0.05, 0) is 31.5 Å². The van der Waals surface area contributed by atoms with Crippen molar-refractivity contribution in [3.8, 4) is 0 Å². The lowest BCUT2D eigenvalue weighted by molar-refractivity contribution is -0.121. The van der Waals surface area contributed by atoms with Crippen LogP contribution in [0.25, 0.3) is 10.2 Å². The monoisotopic (exact) mass is 386 g/mol. The molecule has 0 aliphatic carbocycles. The molecule has 0 unspecified atom stereocenters. The molecule has 3 aromatic rings. The minimum absolute atomic E-state index is 0.294. The zero-order valence-electron chi connectivity index (χ0n) is 14.4. The van der Waals surface area contributed by atoms with Crippen LogP contribution in [0.5, 0.6) is 0 Å². The maximum atomic E-state index is 12.3. The molecule has 2 N–H and O–H groups in total. The summed E-state index contributed by atoms with van der Waals surface area (Å²) in [5.74, 6) is -0.650. The van der Waals surface area contributed by atoms with Gasteiger partial charge in [-0.1, -0.05) is 36.9 Å². The van der Waals surface area contributed by atoms with Crippen molar-refractivity contribution in [2.45, 2.75) is 30.5 Å². The molecule has 0 fully saturated rings. The van der Waals surface area contributed by atoms with E-state index in [2.05, 4.69) is 33.8 Å². The highest BCUT2D eigenvalue weighted by Crippen LogP contribution is 2.32. The summed E-state index contributed by atoms with van der Waals surface area (Å²) >= 11 is 2.98. The lowest BCUT2D eigenvalue weighted by Crippen LogP contribution is -2.44. The fourth-order valence-electron chi connectivity index (χ4n) is 2.25. The number of thiophene rings is 1. The molecule has 3 rings (SSSR count). The van der Waals surface area contributed by atoms with Crippen molar-refractivity contribution >= 4 is 45.1 Å². The molecule has 1 aromatic carbocycles. The van der Waals surface area contributed by atoms with Gasteiger partial charge in [0.05, 0.1) is 5.25 Å². The first-order valence-corrected chi connectivity index (χ1v) is 9.83. The minimum atomic E-state index is -0.422. The van der Waals surface area contributed by atoms with E-state index in [9.17, 15) is 9.59 Å². The van der Waals surface area contributed by atoms with E-state index in [1.165, 1.54) is 23.0 Å². The van der Waals surface area contributed by atoms with Crippen molar-refractivity contribution in [2.75, 3.05) is 0 Å². The number of nitrogens with zero attached hydrogens (tertiary/aromatic N) is 2. The van der Waals surface area contributed by atoms with Crippen LogP contribution in [0.2, 0.25) is 0 Å². The number of carbonyl (C=O) groups is 2. The summed E-state index contributed by atoms with van der Waals surface area (Å²) in [7, 11) is 0. The Bertz CT molecular complexity index is 927. The van der Waals surface area contributed by atoms with Crippen molar-refractivity contribution in [1.82, 2.24) is 20.8 Å². The Balaban J connectivity index is 1.63. The third-order valence-corrected chi connectivity index (χ3v) is 5.99. The zero-order chi connectivity index (χ0) is 18.5. The van der Waals surface area contributed by atoms with Gasteiger partial charge in [0.25, 0.3) is 11.8 Å². The maximum Gasteiger partial charge on any atom is 0.269 e. The molecule has 6 nitrogen and oxygen atoms in total. The summed E-state index contributed by atoms with van der Waals surface area (Å²) in [5.41, 5.74) is 5.38. The van der Waals surface area contributed by atoms with E-state index in [0.29, 0.717) is 5.56 Å².